The van der Waals surface area contributed by atoms with Crippen LogP contribution in [0.2, 0.25) is 0 Å². The van der Waals surface area contributed by atoms with Gasteiger partial charge in [0.05, 0.1) is 6.10 Å². The fourth-order valence-electron chi connectivity index (χ4n) is 4.37. The van der Waals surface area contributed by atoms with Crippen molar-refractivity contribution in [2.24, 2.45) is 11.8 Å². The topological polar surface area (TPSA) is 82.1 Å². The van der Waals surface area contributed by atoms with Gasteiger partial charge < -0.3 is 25.0 Å². The molecule has 1 aromatic carbocycles. The molecule has 4 rings (SSSR count). The molecule has 1 saturated carbocycles. The minimum absolute atomic E-state index is 0.0430. The van der Waals surface area contributed by atoms with Crippen LogP contribution in [0.3, 0.4) is 0 Å². The molecule has 1 aliphatic carbocycles. The molecule has 1 atom stereocenters. The van der Waals surface area contributed by atoms with Crippen molar-refractivity contribution in [3.63, 3.8) is 0 Å². The number of benzene rings is 1. The monoisotopic (exact) mass is 415 g/mol. The Balaban J connectivity index is 1.22. The highest BCUT2D eigenvalue weighted by Crippen LogP contribution is 2.31. The fraction of sp³-hybridized carbons (Fsp3) is 0.652. The fourth-order valence-corrected chi connectivity index (χ4v) is 4.37. The molecular formula is C23H33N3O4. The molecule has 0 aromatic heterocycles. The van der Waals surface area contributed by atoms with Crippen LogP contribution in [0.4, 0.5) is 0 Å². The molecule has 2 N–H and O–H groups in total. The number of aromatic hydroxyl groups is 1. The lowest BCUT2D eigenvalue weighted by Gasteiger charge is -2.38. The SMILES string of the molecule is Cc1ccc(C(=O)NCC2CN(CC3CCN(CC4CC4)CC3)C(=O)CO2)cc1O. The molecule has 0 bridgehead atoms. The number of amides is 2. The Kier molecular flexibility index (Phi) is 6.58. The second-order valence-electron chi connectivity index (χ2n) is 9.13. The number of carbonyl (C=O) groups is 2. The molecule has 0 spiro atoms. The molecule has 7 heteroatoms. The molecule has 1 unspecified atom stereocenters. The largest absolute Gasteiger partial charge is 0.508 e. The quantitative estimate of drug-likeness (QED) is 0.710. The van der Waals surface area contributed by atoms with Gasteiger partial charge in [-0.05, 0) is 75.2 Å². The van der Waals surface area contributed by atoms with Gasteiger partial charge in [-0.3, -0.25) is 9.59 Å². The number of ether oxygens (including phenoxy) is 1. The Labute approximate surface area is 178 Å². The minimum atomic E-state index is -0.250. The van der Waals surface area contributed by atoms with E-state index in [1.54, 1.807) is 19.1 Å². The van der Waals surface area contributed by atoms with Crippen molar-refractivity contribution in [2.75, 3.05) is 45.9 Å². The number of hydrogen-bond donors (Lipinski definition) is 2. The lowest BCUT2D eigenvalue weighted by Crippen LogP contribution is -2.52. The van der Waals surface area contributed by atoms with Crippen molar-refractivity contribution in [2.45, 2.75) is 38.7 Å². The molecule has 3 fully saturated rings. The molecule has 7 nitrogen and oxygen atoms in total. The van der Waals surface area contributed by atoms with Gasteiger partial charge in [0.15, 0.2) is 0 Å². The van der Waals surface area contributed by atoms with Crippen molar-refractivity contribution in [3.8, 4) is 5.75 Å². The molecule has 0 radical (unpaired) electrons. The number of likely N-dealkylation sites (tertiary alicyclic amines) is 1. The van der Waals surface area contributed by atoms with E-state index in [1.807, 2.05) is 4.90 Å². The number of morpholine rings is 1. The van der Waals surface area contributed by atoms with E-state index in [4.69, 9.17) is 4.74 Å². The highest BCUT2D eigenvalue weighted by Gasteiger charge is 2.31. The zero-order valence-electron chi connectivity index (χ0n) is 17.8. The normalized spacial score (nSPS) is 23.6. The highest BCUT2D eigenvalue weighted by molar-refractivity contribution is 5.94. The van der Waals surface area contributed by atoms with Crippen molar-refractivity contribution in [1.82, 2.24) is 15.1 Å². The van der Waals surface area contributed by atoms with Crippen LogP contribution in [0.5, 0.6) is 5.75 Å². The van der Waals surface area contributed by atoms with Crippen LogP contribution in [0.15, 0.2) is 18.2 Å². The van der Waals surface area contributed by atoms with Crippen LogP contribution in [-0.4, -0.2) is 78.7 Å². The van der Waals surface area contributed by atoms with Crippen LogP contribution >= 0.6 is 0 Å². The second kappa shape index (κ2) is 9.35. The average Bonchev–Trinajstić information content (AvgIpc) is 3.56. The first-order chi connectivity index (χ1) is 14.5. The number of nitrogens with zero attached hydrogens (tertiary/aromatic N) is 2. The number of hydrogen-bond acceptors (Lipinski definition) is 5. The van der Waals surface area contributed by atoms with Gasteiger partial charge in [-0.2, -0.15) is 0 Å². The third kappa shape index (κ3) is 5.52. The van der Waals surface area contributed by atoms with Gasteiger partial charge in [0.2, 0.25) is 5.91 Å². The summed E-state index contributed by atoms with van der Waals surface area (Å²) in [6, 6.07) is 4.88. The van der Waals surface area contributed by atoms with Gasteiger partial charge in [-0.15, -0.1) is 0 Å². The maximum atomic E-state index is 12.4. The molecule has 2 aliphatic heterocycles. The predicted octanol–water partition coefficient (Wildman–Crippen LogP) is 1.78. The Bertz CT molecular complexity index is 772. The standard InChI is InChI=1S/C23H33N3O4/c1-16-2-5-19(10-21(16)27)23(29)24-11-20-14-26(22(28)15-30-20)13-18-6-8-25(9-7-18)12-17-3-4-17/h2,5,10,17-18,20,27H,3-4,6-9,11-15H2,1H3,(H,24,29). The van der Waals surface area contributed by atoms with Crippen LogP contribution < -0.4 is 5.32 Å². The third-order valence-corrected chi connectivity index (χ3v) is 6.58. The van der Waals surface area contributed by atoms with Crippen molar-refractivity contribution >= 4 is 11.8 Å². The van der Waals surface area contributed by atoms with Crippen molar-refractivity contribution in [1.29, 1.82) is 0 Å². The van der Waals surface area contributed by atoms with E-state index in [1.165, 1.54) is 25.5 Å². The van der Waals surface area contributed by atoms with Crippen LogP contribution in [0.1, 0.15) is 41.6 Å². The highest BCUT2D eigenvalue weighted by atomic mass is 16.5. The van der Waals surface area contributed by atoms with Gasteiger partial charge in [-0.1, -0.05) is 6.07 Å². The molecular weight excluding hydrogens is 382 g/mol. The second-order valence-corrected chi connectivity index (χ2v) is 9.13. The molecule has 3 aliphatic rings. The van der Waals surface area contributed by atoms with Crippen LogP contribution in [0, 0.1) is 18.8 Å². The smallest absolute Gasteiger partial charge is 0.251 e. The van der Waals surface area contributed by atoms with Crippen molar-refractivity contribution in [3.05, 3.63) is 29.3 Å². The van der Waals surface area contributed by atoms with E-state index in [9.17, 15) is 14.7 Å². The number of aryl methyl sites for hydroxylation is 1. The Morgan fingerprint density at radius 3 is 2.60 bits per heavy atom. The van der Waals surface area contributed by atoms with E-state index in [-0.39, 0.29) is 30.3 Å². The molecule has 164 valence electrons. The number of nitrogens with one attached hydrogen (secondary N) is 1. The Morgan fingerprint density at radius 2 is 1.90 bits per heavy atom. The number of phenols is 1. The summed E-state index contributed by atoms with van der Waals surface area (Å²) in [5.41, 5.74) is 1.15. The van der Waals surface area contributed by atoms with Gasteiger partial charge in [0.25, 0.3) is 5.91 Å². The summed E-state index contributed by atoms with van der Waals surface area (Å²) in [6.07, 6.45) is 4.88. The lowest BCUT2D eigenvalue weighted by atomic mass is 9.95. The van der Waals surface area contributed by atoms with E-state index in [0.717, 1.165) is 44.0 Å². The van der Waals surface area contributed by atoms with Crippen molar-refractivity contribution < 1.29 is 19.4 Å². The average molecular weight is 416 g/mol. The van der Waals surface area contributed by atoms with Gasteiger partial charge in [0, 0.05) is 31.7 Å². The lowest BCUT2D eigenvalue weighted by molar-refractivity contribution is -0.149. The molecule has 2 saturated heterocycles. The Hall–Kier alpha value is -2.12. The first kappa shape index (κ1) is 21.1. The van der Waals surface area contributed by atoms with Crippen LogP contribution in [0.25, 0.3) is 0 Å². The number of carbonyl (C=O) groups excluding carboxylic acids is 2. The third-order valence-electron chi connectivity index (χ3n) is 6.58. The number of rotatable bonds is 7. The van der Waals surface area contributed by atoms with E-state index < -0.39 is 0 Å². The van der Waals surface area contributed by atoms with E-state index >= 15 is 0 Å². The molecule has 2 amide bonds. The number of phenolic OH excluding ortho intramolecular Hbond substituents is 1. The molecule has 1 aromatic rings. The maximum Gasteiger partial charge on any atom is 0.251 e. The van der Waals surface area contributed by atoms with Crippen LogP contribution in [-0.2, 0) is 9.53 Å². The summed E-state index contributed by atoms with van der Waals surface area (Å²) < 4.78 is 5.64. The first-order valence-electron chi connectivity index (χ1n) is 11.2. The number of piperidine rings is 1. The van der Waals surface area contributed by atoms with E-state index in [2.05, 4.69) is 10.2 Å². The zero-order chi connectivity index (χ0) is 21.1. The summed E-state index contributed by atoms with van der Waals surface area (Å²) >= 11 is 0. The minimum Gasteiger partial charge on any atom is -0.508 e. The first-order valence-corrected chi connectivity index (χ1v) is 11.2. The summed E-state index contributed by atoms with van der Waals surface area (Å²) in [7, 11) is 0. The predicted molar refractivity (Wildman–Crippen MR) is 113 cm³/mol. The summed E-state index contributed by atoms with van der Waals surface area (Å²) in [5, 5.41) is 12.7. The zero-order valence-corrected chi connectivity index (χ0v) is 17.8. The Morgan fingerprint density at radius 1 is 1.17 bits per heavy atom. The summed E-state index contributed by atoms with van der Waals surface area (Å²) in [6.45, 7) is 7.05. The molecule has 30 heavy (non-hydrogen) atoms. The molecule has 2 heterocycles. The van der Waals surface area contributed by atoms with Gasteiger partial charge >= 0.3 is 0 Å². The summed E-state index contributed by atoms with van der Waals surface area (Å²) in [4.78, 5) is 29.2. The summed E-state index contributed by atoms with van der Waals surface area (Å²) in [5.74, 6) is 1.38. The van der Waals surface area contributed by atoms with Gasteiger partial charge in [-0.25, -0.2) is 0 Å². The maximum absolute atomic E-state index is 12.4. The van der Waals surface area contributed by atoms with E-state index in [0.29, 0.717) is 24.6 Å². The van der Waals surface area contributed by atoms with Gasteiger partial charge in [0.1, 0.15) is 12.4 Å².